The van der Waals surface area contributed by atoms with Gasteiger partial charge in [-0.05, 0) is 51.2 Å². The van der Waals surface area contributed by atoms with E-state index in [-0.39, 0.29) is 5.82 Å². The van der Waals surface area contributed by atoms with Gasteiger partial charge in [0.15, 0.2) is 0 Å². The molecule has 17 heavy (non-hydrogen) atoms. The predicted octanol–water partition coefficient (Wildman–Crippen LogP) is 2.96. The second kappa shape index (κ2) is 3.57. The van der Waals surface area contributed by atoms with E-state index in [9.17, 15) is 4.39 Å². The Morgan fingerprint density at radius 1 is 1.29 bits per heavy atom. The summed E-state index contributed by atoms with van der Waals surface area (Å²) in [7, 11) is 4.22. The molecule has 0 radical (unpaired) electrons. The zero-order valence-corrected chi connectivity index (χ0v) is 10.4. The summed E-state index contributed by atoms with van der Waals surface area (Å²) in [6.45, 7) is 1.85. The first-order chi connectivity index (χ1) is 8.09. The molecule has 2 nitrogen and oxygen atoms in total. The smallest absolute Gasteiger partial charge is 0.126 e. The number of fused-ring (bicyclic) bond motifs is 1. The maximum Gasteiger partial charge on any atom is 0.126 e. The summed E-state index contributed by atoms with van der Waals surface area (Å²) in [5.41, 5.74) is 1.90. The van der Waals surface area contributed by atoms with Crippen molar-refractivity contribution >= 4 is 10.9 Å². The molecule has 1 aliphatic carbocycles. The number of hydrogen-bond donors (Lipinski definition) is 0. The minimum absolute atomic E-state index is 0.116. The number of nitrogens with zero attached hydrogens (tertiary/aromatic N) is 2. The maximum absolute atomic E-state index is 13.5. The molecule has 3 heteroatoms. The minimum atomic E-state index is -0.116. The van der Waals surface area contributed by atoms with Crippen molar-refractivity contribution in [2.75, 3.05) is 14.1 Å². The van der Waals surface area contributed by atoms with Crippen molar-refractivity contribution in [2.24, 2.45) is 0 Å². The van der Waals surface area contributed by atoms with E-state index in [1.807, 2.05) is 19.1 Å². The normalized spacial score (nSPS) is 23.6. The Kier molecular flexibility index (Phi) is 2.26. The van der Waals surface area contributed by atoms with Crippen LogP contribution in [0.3, 0.4) is 0 Å². The first kappa shape index (κ1) is 10.8. The number of hydrogen-bond acceptors (Lipinski definition) is 1. The average Bonchev–Trinajstić information content (AvgIpc) is 2.97. The van der Waals surface area contributed by atoms with Gasteiger partial charge in [0.1, 0.15) is 5.82 Å². The van der Waals surface area contributed by atoms with Crippen molar-refractivity contribution in [3.63, 3.8) is 0 Å². The summed E-state index contributed by atoms with van der Waals surface area (Å²) in [6, 6.07) is 6.66. The van der Waals surface area contributed by atoms with E-state index in [2.05, 4.69) is 29.8 Å². The lowest BCUT2D eigenvalue weighted by atomic mass is 10.1. The van der Waals surface area contributed by atoms with Gasteiger partial charge in [-0.3, -0.25) is 0 Å². The van der Waals surface area contributed by atoms with Crippen LogP contribution in [0.15, 0.2) is 24.4 Å². The van der Waals surface area contributed by atoms with Gasteiger partial charge in [-0.2, -0.15) is 0 Å². The molecular weight excluding hydrogens is 215 g/mol. The third kappa shape index (κ3) is 1.57. The van der Waals surface area contributed by atoms with Crippen LogP contribution < -0.4 is 0 Å². The largest absolute Gasteiger partial charge is 0.343 e. The van der Waals surface area contributed by atoms with E-state index in [4.69, 9.17) is 0 Å². The molecule has 0 amide bonds. The van der Waals surface area contributed by atoms with E-state index in [1.54, 1.807) is 6.07 Å². The van der Waals surface area contributed by atoms with Gasteiger partial charge < -0.3 is 9.47 Å². The maximum atomic E-state index is 13.5. The van der Waals surface area contributed by atoms with Crippen LogP contribution in [0, 0.1) is 12.7 Å². The van der Waals surface area contributed by atoms with E-state index >= 15 is 0 Å². The molecule has 1 saturated carbocycles. The summed E-state index contributed by atoms with van der Waals surface area (Å²) >= 11 is 0. The topological polar surface area (TPSA) is 8.17 Å². The fourth-order valence-electron chi connectivity index (χ4n) is 2.67. The highest BCUT2D eigenvalue weighted by Crippen LogP contribution is 2.41. The van der Waals surface area contributed by atoms with Crippen LogP contribution in [0.1, 0.15) is 18.0 Å². The molecule has 0 aliphatic heterocycles. The zero-order valence-electron chi connectivity index (χ0n) is 10.4. The Bertz CT molecular complexity index is 571. The lowest BCUT2D eigenvalue weighted by Gasteiger charge is -2.10. The highest BCUT2D eigenvalue weighted by atomic mass is 19.1. The van der Waals surface area contributed by atoms with Gasteiger partial charge in [-0.1, -0.05) is 0 Å². The molecule has 1 aromatic heterocycles. The van der Waals surface area contributed by atoms with Crippen molar-refractivity contribution in [1.82, 2.24) is 9.47 Å². The van der Waals surface area contributed by atoms with E-state index in [0.717, 1.165) is 16.5 Å². The van der Waals surface area contributed by atoms with E-state index < -0.39 is 0 Å². The number of rotatable bonds is 2. The van der Waals surface area contributed by atoms with Gasteiger partial charge in [0.05, 0.1) is 6.04 Å². The van der Waals surface area contributed by atoms with Crippen molar-refractivity contribution < 1.29 is 4.39 Å². The summed E-state index contributed by atoms with van der Waals surface area (Å²) in [5, 5.41) is 1.04. The van der Waals surface area contributed by atoms with Crippen molar-refractivity contribution in [1.29, 1.82) is 0 Å². The third-order valence-corrected chi connectivity index (χ3v) is 3.85. The summed E-state index contributed by atoms with van der Waals surface area (Å²) in [4.78, 5) is 2.26. The molecule has 1 aromatic carbocycles. The summed E-state index contributed by atoms with van der Waals surface area (Å²) in [6.07, 6.45) is 3.28. The van der Waals surface area contributed by atoms with Crippen LogP contribution >= 0.6 is 0 Å². The molecule has 2 aromatic rings. The molecule has 3 rings (SSSR count). The van der Waals surface area contributed by atoms with Gasteiger partial charge in [0.2, 0.25) is 0 Å². The molecule has 90 valence electrons. The molecule has 0 spiro atoms. The van der Waals surface area contributed by atoms with Crippen molar-refractivity contribution in [3.05, 3.63) is 35.8 Å². The Morgan fingerprint density at radius 2 is 2.06 bits per heavy atom. The minimum Gasteiger partial charge on any atom is -0.343 e. The Balaban J connectivity index is 2.06. The monoisotopic (exact) mass is 232 g/mol. The molecule has 1 heterocycles. The molecule has 2 unspecified atom stereocenters. The highest BCUT2D eigenvalue weighted by molar-refractivity contribution is 5.84. The van der Waals surface area contributed by atoms with Crippen LogP contribution in [-0.2, 0) is 0 Å². The van der Waals surface area contributed by atoms with Gasteiger partial charge >= 0.3 is 0 Å². The van der Waals surface area contributed by atoms with Crippen LogP contribution in [0.4, 0.5) is 4.39 Å². The zero-order chi connectivity index (χ0) is 12.2. The fourth-order valence-corrected chi connectivity index (χ4v) is 2.67. The van der Waals surface area contributed by atoms with Crippen LogP contribution in [0.25, 0.3) is 10.9 Å². The first-order valence-corrected chi connectivity index (χ1v) is 6.01. The summed E-state index contributed by atoms with van der Waals surface area (Å²) in [5.74, 6) is -0.116. The molecular formula is C14H17FN2. The number of aromatic nitrogens is 1. The summed E-state index contributed by atoms with van der Waals surface area (Å²) < 4.78 is 15.7. The number of halogens is 1. The number of likely N-dealkylation sites (N-methyl/N-ethyl adjacent to an activating group) is 1. The molecule has 0 N–H and O–H groups in total. The Morgan fingerprint density at radius 3 is 2.71 bits per heavy atom. The highest BCUT2D eigenvalue weighted by Gasteiger charge is 2.40. The van der Waals surface area contributed by atoms with Gasteiger partial charge in [0.25, 0.3) is 0 Å². The lowest BCUT2D eigenvalue weighted by Crippen LogP contribution is -2.17. The fraction of sp³-hybridized carbons (Fsp3) is 0.429. The van der Waals surface area contributed by atoms with Crippen LogP contribution in [-0.4, -0.2) is 29.6 Å². The molecule has 0 saturated heterocycles. The van der Waals surface area contributed by atoms with Crippen LogP contribution in [0.5, 0.6) is 0 Å². The molecule has 0 bridgehead atoms. The predicted molar refractivity (Wildman–Crippen MR) is 67.8 cm³/mol. The van der Waals surface area contributed by atoms with Gasteiger partial charge in [-0.15, -0.1) is 0 Å². The number of benzene rings is 1. The molecule has 1 fully saturated rings. The second-order valence-electron chi connectivity index (χ2n) is 5.16. The first-order valence-electron chi connectivity index (χ1n) is 6.01. The molecule has 1 aliphatic rings. The van der Waals surface area contributed by atoms with Crippen molar-refractivity contribution in [3.8, 4) is 0 Å². The molecule has 2 atom stereocenters. The average molecular weight is 232 g/mol. The van der Waals surface area contributed by atoms with Crippen LogP contribution in [0.2, 0.25) is 0 Å². The van der Waals surface area contributed by atoms with E-state index in [1.165, 1.54) is 6.42 Å². The quantitative estimate of drug-likeness (QED) is 0.773. The SMILES string of the molecule is Cc1c(F)ccc2c1ccn2C1CC1N(C)C. The third-order valence-electron chi connectivity index (χ3n) is 3.85. The van der Waals surface area contributed by atoms with E-state index in [0.29, 0.717) is 12.1 Å². The lowest BCUT2D eigenvalue weighted by molar-refractivity contribution is 0.377. The number of aryl methyl sites for hydroxylation is 1. The van der Waals surface area contributed by atoms with Crippen molar-refractivity contribution in [2.45, 2.75) is 25.4 Å². The standard InChI is InChI=1S/C14H17FN2/c1-9-10-6-7-17(12(10)5-4-11(9)15)14-8-13(14)16(2)3/h4-7,13-14H,8H2,1-3H3. The van der Waals surface area contributed by atoms with Gasteiger partial charge in [-0.25, -0.2) is 4.39 Å². The Hall–Kier alpha value is -1.35. The second-order valence-corrected chi connectivity index (χ2v) is 5.16. The Labute approximate surface area is 101 Å². The van der Waals surface area contributed by atoms with Gasteiger partial charge in [0, 0.05) is 23.1 Å².